The van der Waals surface area contributed by atoms with E-state index in [4.69, 9.17) is 19.3 Å². The third-order valence-corrected chi connectivity index (χ3v) is 8.64. The lowest BCUT2D eigenvalue weighted by molar-refractivity contribution is 0.0992. The molecule has 4 N–H and O–H groups in total. The lowest BCUT2D eigenvalue weighted by Crippen LogP contribution is -2.31. The molecule has 248 valence electrons. The SMILES string of the molecule is CCN(CCO)CCS(=O)(=O)c1cc(OC)c(N=Nc2c(Nc3ccccc3)nc(NCCOCCO)c(C#N)c2C)cc1OC. The van der Waals surface area contributed by atoms with Crippen molar-refractivity contribution in [2.75, 3.05) is 83.2 Å². The summed E-state index contributed by atoms with van der Waals surface area (Å²) in [6.45, 7) is 5.48. The van der Waals surface area contributed by atoms with Gasteiger partial charge in [0.1, 0.15) is 39.7 Å². The van der Waals surface area contributed by atoms with Gasteiger partial charge in [0.2, 0.25) is 0 Å². The third kappa shape index (κ3) is 9.59. The van der Waals surface area contributed by atoms with Gasteiger partial charge in [-0.05, 0) is 25.6 Å². The van der Waals surface area contributed by atoms with Crippen LogP contribution in [0.5, 0.6) is 11.5 Å². The van der Waals surface area contributed by atoms with E-state index in [0.717, 1.165) is 5.69 Å². The fourth-order valence-electron chi connectivity index (χ4n) is 4.44. The van der Waals surface area contributed by atoms with Gasteiger partial charge in [-0.15, -0.1) is 10.2 Å². The van der Waals surface area contributed by atoms with Crippen molar-refractivity contribution in [3.05, 3.63) is 53.6 Å². The van der Waals surface area contributed by atoms with Crippen LogP contribution in [0.2, 0.25) is 0 Å². The first-order chi connectivity index (χ1) is 22.2. The van der Waals surface area contributed by atoms with Crippen LogP contribution in [-0.2, 0) is 14.6 Å². The number of aliphatic hydroxyl groups is 2. The molecule has 15 heteroatoms. The smallest absolute Gasteiger partial charge is 0.183 e. The molecule has 0 bridgehead atoms. The highest BCUT2D eigenvalue weighted by atomic mass is 32.2. The number of nitriles is 1. The van der Waals surface area contributed by atoms with Crippen molar-refractivity contribution in [3.63, 3.8) is 0 Å². The average molecular weight is 656 g/mol. The number of hydrogen-bond acceptors (Lipinski definition) is 14. The van der Waals surface area contributed by atoms with Crippen molar-refractivity contribution in [1.82, 2.24) is 9.88 Å². The summed E-state index contributed by atoms with van der Waals surface area (Å²) in [5.74, 6) is 0.665. The number of aliphatic hydroxyl groups excluding tert-OH is 2. The van der Waals surface area contributed by atoms with E-state index in [2.05, 4.69) is 31.9 Å². The van der Waals surface area contributed by atoms with Crippen LogP contribution in [-0.4, -0.2) is 101 Å². The minimum absolute atomic E-state index is 0.0553. The maximum atomic E-state index is 13.3. The van der Waals surface area contributed by atoms with Crippen LogP contribution in [0.15, 0.2) is 57.6 Å². The van der Waals surface area contributed by atoms with Crippen LogP contribution in [0, 0.1) is 18.3 Å². The Kier molecular flexibility index (Phi) is 14.1. The second-order valence-electron chi connectivity index (χ2n) is 9.87. The van der Waals surface area contributed by atoms with Crippen molar-refractivity contribution < 1.29 is 32.8 Å². The first-order valence-electron chi connectivity index (χ1n) is 14.7. The summed E-state index contributed by atoms with van der Waals surface area (Å²) >= 11 is 0. The third-order valence-electron chi connectivity index (χ3n) is 6.94. The van der Waals surface area contributed by atoms with Crippen molar-refractivity contribution >= 4 is 38.5 Å². The Morgan fingerprint density at radius 3 is 2.37 bits per heavy atom. The zero-order valence-corrected chi connectivity index (χ0v) is 27.3. The van der Waals surface area contributed by atoms with E-state index in [-0.39, 0.29) is 65.5 Å². The second-order valence-corrected chi connectivity index (χ2v) is 12.0. The van der Waals surface area contributed by atoms with Crippen LogP contribution in [0.4, 0.5) is 28.7 Å². The Labute approximate surface area is 269 Å². The molecule has 0 fully saturated rings. The number of nitrogens with zero attached hydrogens (tertiary/aromatic N) is 5. The predicted octanol–water partition coefficient (Wildman–Crippen LogP) is 3.95. The summed E-state index contributed by atoms with van der Waals surface area (Å²) in [7, 11) is -1.05. The normalized spacial score (nSPS) is 11.5. The number of pyridine rings is 1. The average Bonchev–Trinajstić information content (AvgIpc) is 3.06. The number of ether oxygens (including phenoxy) is 3. The summed E-state index contributed by atoms with van der Waals surface area (Å²) in [6.07, 6.45) is 0. The summed E-state index contributed by atoms with van der Waals surface area (Å²) in [5, 5.41) is 43.4. The van der Waals surface area contributed by atoms with Gasteiger partial charge in [-0.2, -0.15) is 5.26 Å². The van der Waals surface area contributed by atoms with Crippen LogP contribution >= 0.6 is 0 Å². The Morgan fingerprint density at radius 2 is 1.74 bits per heavy atom. The fourth-order valence-corrected chi connectivity index (χ4v) is 5.90. The molecule has 0 saturated heterocycles. The molecule has 3 rings (SSSR count). The fraction of sp³-hybridized carbons (Fsp3) is 0.419. The van der Waals surface area contributed by atoms with Crippen LogP contribution < -0.4 is 20.1 Å². The van der Waals surface area contributed by atoms with Crippen molar-refractivity contribution in [2.24, 2.45) is 10.2 Å². The topological polar surface area (TPSA) is 191 Å². The molecule has 0 saturated carbocycles. The van der Waals surface area contributed by atoms with Crippen molar-refractivity contribution in [3.8, 4) is 17.6 Å². The Hall–Kier alpha value is -4.33. The molecule has 1 aromatic heterocycles. The molecular weight excluding hydrogens is 614 g/mol. The Morgan fingerprint density at radius 1 is 1.00 bits per heavy atom. The molecule has 0 aliphatic rings. The van der Waals surface area contributed by atoms with E-state index in [9.17, 15) is 18.8 Å². The number of likely N-dealkylation sites (N-methyl/N-ethyl adjacent to an activating group) is 1. The van der Waals surface area contributed by atoms with Gasteiger partial charge in [0.05, 0.1) is 52.0 Å². The predicted molar refractivity (Wildman–Crippen MR) is 175 cm³/mol. The van der Waals surface area contributed by atoms with E-state index in [1.54, 1.807) is 6.92 Å². The monoisotopic (exact) mass is 655 g/mol. The Balaban J connectivity index is 2.04. The summed E-state index contributed by atoms with van der Waals surface area (Å²) in [4.78, 5) is 6.43. The molecule has 0 atom stereocenters. The maximum Gasteiger partial charge on any atom is 0.183 e. The van der Waals surface area contributed by atoms with Crippen LogP contribution in [0.1, 0.15) is 18.1 Å². The van der Waals surface area contributed by atoms with E-state index in [1.165, 1.54) is 26.4 Å². The zero-order valence-electron chi connectivity index (χ0n) is 26.5. The Bertz CT molecular complexity index is 1610. The molecule has 0 spiro atoms. The first kappa shape index (κ1) is 36.1. The van der Waals surface area contributed by atoms with E-state index < -0.39 is 9.84 Å². The highest BCUT2D eigenvalue weighted by molar-refractivity contribution is 7.91. The molecule has 0 amide bonds. The molecular formula is C31H41N7O7S. The number of methoxy groups -OCH3 is 2. The number of sulfone groups is 1. The molecule has 46 heavy (non-hydrogen) atoms. The number of hydrogen-bond donors (Lipinski definition) is 4. The second kappa shape index (κ2) is 18.0. The van der Waals surface area contributed by atoms with Crippen LogP contribution in [0.3, 0.4) is 0 Å². The number of azo groups is 1. The quantitative estimate of drug-likeness (QED) is 0.108. The van der Waals surface area contributed by atoms with Gasteiger partial charge in [-0.1, -0.05) is 25.1 Å². The lowest BCUT2D eigenvalue weighted by atomic mass is 10.1. The molecule has 3 aromatic rings. The molecule has 0 radical (unpaired) electrons. The molecule has 0 unspecified atom stereocenters. The number of anilines is 3. The standard InChI is InChI=1S/C31H41N7O7S/c1-5-38(12-14-39)13-18-46(41,42)28-20-26(43-3)25(19-27(28)44-4)36-37-29-22(2)24(21-32)30(33-11-16-45-17-15-40)35-31(29)34-23-9-7-6-8-10-23/h6-10,19-20,39-40H,5,11-18H2,1-4H3,(H2,33,34,35). The maximum absolute atomic E-state index is 13.3. The first-order valence-corrected chi connectivity index (χ1v) is 16.3. The highest BCUT2D eigenvalue weighted by Crippen LogP contribution is 2.41. The van der Waals surface area contributed by atoms with E-state index in [0.29, 0.717) is 43.4 Å². The van der Waals surface area contributed by atoms with Gasteiger partial charge in [0.25, 0.3) is 0 Å². The van der Waals surface area contributed by atoms with Crippen molar-refractivity contribution in [1.29, 1.82) is 5.26 Å². The number of para-hydroxylation sites is 1. The number of nitrogens with one attached hydrogen (secondary N) is 2. The summed E-state index contributed by atoms with van der Waals surface area (Å²) in [6, 6.07) is 14.3. The van der Waals surface area contributed by atoms with Gasteiger partial charge in [0, 0.05) is 43.0 Å². The molecule has 2 aromatic carbocycles. The molecule has 0 aliphatic carbocycles. The van der Waals surface area contributed by atoms with E-state index >= 15 is 0 Å². The highest BCUT2D eigenvalue weighted by Gasteiger charge is 2.24. The van der Waals surface area contributed by atoms with Crippen molar-refractivity contribution in [2.45, 2.75) is 18.7 Å². The number of rotatable bonds is 19. The van der Waals surface area contributed by atoms with Crippen LogP contribution in [0.25, 0.3) is 0 Å². The van der Waals surface area contributed by atoms with Gasteiger partial charge < -0.3 is 40.0 Å². The van der Waals surface area contributed by atoms with E-state index in [1.807, 2.05) is 42.2 Å². The number of benzene rings is 2. The number of aromatic nitrogens is 1. The minimum Gasteiger partial charge on any atom is -0.495 e. The van der Waals surface area contributed by atoms with Gasteiger partial charge in [-0.3, -0.25) is 0 Å². The van der Waals surface area contributed by atoms with Gasteiger partial charge in [0.15, 0.2) is 15.7 Å². The summed E-state index contributed by atoms with van der Waals surface area (Å²) in [5.41, 5.74) is 1.95. The zero-order chi connectivity index (χ0) is 33.5. The lowest BCUT2D eigenvalue weighted by Gasteiger charge is -2.19. The molecule has 0 aliphatic heterocycles. The largest absolute Gasteiger partial charge is 0.495 e. The molecule has 14 nitrogen and oxygen atoms in total. The minimum atomic E-state index is -3.80. The summed E-state index contributed by atoms with van der Waals surface area (Å²) < 4.78 is 42.9. The van der Waals surface area contributed by atoms with Gasteiger partial charge in [-0.25, -0.2) is 13.4 Å². The van der Waals surface area contributed by atoms with Gasteiger partial charge >= 0.3 is 0 Å². The molecule has 1 heterocycles.